The van der Waals surface area contributed by atoms with Gasteiger partial charge in [-0.25, -0.2) is 4.39 Å². The Morgan fingerprint density at radius 3 is 2.45 bits per heavy atom. The SMILES string of the molecule is NC(=O)C(O)CC[C@H](N)CF. The number of halogens is 1. The zero-order valence-electron chi connectivity index (χ0n) is 6.16. The Bertz CT molecular complexity index is 132. The predicted octanol–water partition coefficient (Wildman–Crippen LogP) is -1.09. The van der Waals surface area contributed by atoms with Crippen molar-refractivity contribution >= 4 is 5.91 Å². The number of nitrogens with two attached hydrogens (primary N) is 2. The molecule has 0 aromatic carbocycles. The Morgan fingerprint density at radius 2 is 2.09 bits per heavy atom. The zero-order chi connectivity index (χ0) is 8.85. The van der Waals surface area contributed by atoms with Crippen LogP contribution >= 0.6 is 0 Å². The highest BCUT2D eigenvalue weighted by Crippen LogP contribution is 1.99. The molecule has 0 spiro atoms. The second kappa shape index (κ2) is 5.03. The van der Waals surface area contributed by atoms with Gasteiger partial charge in [0.2, 0.25) is 5.91 Å². The highest BCUT2D eigenvalue weighted by Gasteiger charge is 2.12. The summed E-state index contributed by atoms with van der Waals surface area (Å²) in [6.45, 7) is -0.647. The van der Waals surface area contributed by atoms with E-state index in [4.69, 9.17) is 16.6 Å². The first-order chi connectivity index (χ1) is 5.07. The average molecular weight is 164 g/mol. The molecule has 5 N–H and O–H groups in total. The molecule has 0 rings (SSSR count). The average Bonchev–Trinajstić information content (AvgIpc) is 1.99. The van der Waals surface area contributed by atoms with Crippen LogP contribution in [0.25, 0.3) is 0 Å². The standard InChI is InChI=1S/C6H13FN2O2/c7-3-4(8)1-2-5(10)6(9)11/h4-5,10H,1-3,8H2,(H2,9,11)/t4-,5?/m0/s1. The molecule has 11 heavy (non-hydrogen) atoms. The maximum absolute atomic E-state index is 11.7. The molecule has 0 saturated carbocycles. The van der Waals surface area contributed by atoms with E-state index in [0.29, 0.717) is 0 Å². The minimum atomic E-state index is -1.20. The van der Waals surface area contributed by atoms with E-state index in [9.17, 15) is 9.18 Å². The summed E-state index contributed by atoms with van der Waals surface area (Å²) < 4.78 is 11.7. The maximum atomic E-state index is 11.7. The fraction of sp³-hybridized carbons (Fsp3) is 0.833. The van der Waals surface area contributed by atoms with E-state index in [0.717, 1.165) is 0 Å². The van der Waals surface area contributed by atoms with Gasteiger partial charge in [-0.1, -0.05) is 0 Å². The van der Waals surface area contributed by atoms with Gasteiger partial charge in [-0.05, 0) is 12.8 Å². The molecule has 1 amide bonds. The molecule has 0 aliphatic heterocycles. The lowest BCUT2D eigenvalue weighted by atomic mass is 10.1. The number of hydrogen-bond donors (Lipinski definition) is 3. The van der Waals surface area contributed by atoms with Gasteiger partial charge >= 0.3 is 0 Å². The van der Waals surface area contributed by atoms with Gasteiger partial charge in [-0.3, -0.25) is 4.79 Å². The first kappa shape index (κ1) is 10.3. The third-order valence-electron chi connectivity index (χ3n) is 1.34. The van der Waals surface area contributed by atoms with Gasteiger partial charge in [0.15, 0.2) is 0 Å². The number of rotatable bonds is 5. The lowest BCUT2D eigenvalue weighted by Gasteiger charge is -2.08. The van der Waals surface area contributed by atoms with Gasteiger partial charge in [-0.15, -0.1) is 0 Å². The fourth-order valence-corrected chi connectivity index (χ4v) is 0.591. The molecule has 0 aliphatic carbocycles. The summed E-state index contributed by atoms with van der Waals surface area (Å²) in [5.41, 5.74) is 9.92. The van der Waals surface area contributed by atoms with Crippen LogP contribution in [0, 0.1) is 0 Å². The van der Waals surface area contributed by atoms with E-state index in [-0.39, 0.29) is 12.8 Å². The molecule has 0 fully saturated rings. The van der Waals surface area contributed by atoms with Gasteiger partial charge in [-0.2, -0.15) is 0 Å². The molecule has 2 atom stereocenters. The Hall–Kier alpha value is -0.680. The molecule has 5 heteroatoms. The molecule has 66 valence electrons. The number of aliphatic hydroxyl groups excluding tert-OH is 1. The molecule has 0 bridgehead atoms. The molecular weight excluding hydrogens is 151 g/mol. The molecule has 4 nitrogen and oxygen atoms in total. The van der Waals surface area contributed by atoms with Crippen molar-refractivity contribution in [1.29, 1.82) is 0 Å². The van der Waals surface area contributed by atoms with Crippen LogP contribution in [0.3, 0.4) is 0 Å². The van der Waals surface area contributed by atoms with Gasteiger partial charge in [0.25, 0.3) is 0 Å². The van der Waals surface area contributed by atoms with Crippen molar-refractivity contribution in [1.82, 2.24) is 0 Å². The molecule has 0 aromatic rings. The first-order valence-electron chi connectivity index (χ1n) is 3.37. The lowest BCUT2D eigenvalue weighted by Crippen LogP contribution is -2.31. The molecule has 0 aromatic heterocycles. The van der Waals surface area contributed by atoms with Crippen molar-refractivity contribution in [2.75, 3.05) is 6.67 Å². The van der Waals surface area contributed by atoms with Crippen molar-refractivity contribution in [3.8, 4) is 0 Å². The van der Waals surface area contributed by atoms with E-state index < -0.39 is 24.7 Å². The van der Waals surface area contributed by atoms with E-state index in [1.807, 2.05) is 0 Å². The van der Waals surface area contributed by atoms with E-state index in [1.54, 1.807) is 0 Å². The van der Waals surface area contributed by atoms with Crippen LogP contribution in [0.1, 0.15) is 12.8 Å². The maximum Gasteiger partial charge on any atom is 0.246 e. The van der Waals surface area contributed by atoms with Gasteiger partial charge in [0.1, 0.15) is 12.8 Å². The van der Waals surface area contributed by atoms with Crippen LogP contribution in [0.2, 0.25) is 0 Å². The molecule has 0 saturated heterocycles. The number of carbonyl (C=O) groups excluding carboxylic acids is 1. The van der Waals surface area contributed by atoms with Crippen molar-refractivity contribution in [3.63, 3.8) is 0 Å². The Balaban J connectivity index is 3.45. The summed E-state index contributed by atoms with van der Waals surface area (Å²) in [5, 5.41) is 8.82. The van der Waals surface area contributed by atoms with E-state index >= 15 is 0 Å². The number of aliphatic hydroxyl groups is 1. The van der Waals surface area contributed by atoms with Crippen molar-refractivity contribution in [2.45, 2.75) is 25.0 Å². The summed E-state index contributed by atoms with van der Waals surface area (Å²) in [6.07, 6.45) is -0.811. The highest BCUT2D eigenvalue weighted by molar-refractivity contribution is 5.78. The van der Waals surface area contributed by atoms with Crippen LogP contribution in [0.15, 0.2) is 0 Å². The van der Waals surface area contributed by atoms with E-state index in [1.165, 1.54) is 0 Å². The Labute approximate surface area is 64.4 Å². The van der Waals surface area contributed by atoms with Gasteiger partial charge < -0.3 is 16.6 Å². The Kier molecular flexibility index (Phi) is 4.72. The Morgan fingerprint density at radius 1 is 1.55 bits per heavy atom. The quantitative estimate of drug-likeness (QED) is 0.482. The third-order valence-corrected chi connectivity index (χ3v) is 1.34. The van der Waals surface area contributed by atoms with Crippen molar-refractivity contribution < 1.29 is 14.3 Å². The predicted molar refractivity (Wildman–Crippen MR) is 38.4 cm³/mol. The van der Waals surface area contributed by atoms with Crippen LogP contribution in [-0.4, -0.2) is 29.8 Å². The number of amides is 1. The monoisotopic (exact) mass is 164 g/mol. The van der Waals surface area contributed by atoms with Gasteiger partial charge in [0, 0.05) is 6.04 Å². The van der Waals surface area contributed by atoms with Crippen molar-refractivity contribution in [2.24, 2.45) is 11.5 Å². The summed E-state index contributed by atoms with van der Waals surface area (Å²) in [7, 11) is 0. The largest absolute Gasteiger partial charge is 0.383 e. The number of hydrogen-bond acceptors (Lipinski definition) is 3. The van der Waals surface area contributed by atoms with Gasteiger partial charge in [0.05, 0.1) is 0 Å². The molecule has 0 aliphatic rings. The second-order valence-corrected chi connectivity index (χ2v) is 2.41. The lowest BCUT2D eigenvalue weighted by molar-refractivity contribution is -0.126. The van der Waals surface area contributed by atoms with Crippen molar-refractivity contribution in [3.05, 3.63) is 0 Å². The molecule has 1 unspecified atom stereocenters. The fourth-order valence-electron chi connectivity index (χ4n) is 0.591. The third kappa shape index (κ3) is 4.69. The summed E-state index contributed by atoms with van der Waals surface area (Å²) in [4.78, 5) is 10.2. The van der Waals surface area contributed by atoms with Crippen LogP contribution in [0.4, 0.5) is 4.39 Å². The van der Waals surface area contributed by atoms with E-state index in [2.05, 4.69) is 0 Å². The normalized spacial score (nSPS) is 15.9. The van der Waals surface area contributed by atoms with Crippen LogP contribution < -0.4 is 11.5 Å². The van der Waals surface area contributed by atoms with Crippen LogP contribution in [-0.2, 0) is 4.79 Å². The summed E-state index contributed by atoms with van der Waals surface area (Å²) in [5.74, 6) is -0.795. The summed E-state index contributed by atoms with van der Waals surface area (Å²) >= 11 is 0. The smallest absolute Gasteiger partial charge is 0.246 e. The number of carbonyl (C=O) groups is 1. The molecule has 0 heterocycles. The second-order valence-electron chi connectivity index (χ2n) is 2.41. The highest BCUT2D eigenvalue weighted by atomic mass is 19.1. The molecular formula is C6H13FN2O2. The number of alkyl halides is 1. The minimum absolute atomic E-state index is 0.125. The number of primary amides is 1. The molecule has 0 radical (unpaired) electrons. The zero-order valence-corrected chi connectivity index (χ0v) is 6.16. The summed E-state index contributed by atoms with van der Waals surface area (Å²) in [6, 6.07) is -0.607. The topological polar surface area (TPSA) is 89.3 Å². The van der Waals surface area contributed by atoms with Crippen LogP contribution in [0.5, 0.6) is 0 Å². The minimum Gasteiger partial charge on any atom is -0.383 e. The first-order valence-corrected chi connectivity index (χ1v) is 3.37.